The monoisotopic (exact) mass is 314 g/mol. The molecule has 24 heavy (non-hydrogen) atoms. The van der Waals surface area contributed by atoms with Crippen LogP contribution in [0.2, 0.25) is 0 Å². The van der Waals surface area contributed by atoms with Crippen molar-refractivity contribution in [1.82, 2.24) is 10.3 Å². The van der Waals surface area contributed by atoms with E-state index in [0.29, 0.717) is 5.92 Å². The molecule has 1 saturated carbocycles. The Kier molecular flexibility index (Phi) is 4.39. The van der Waals surface area contributed by atoms with E-state index in [9.17, 15) is 0 Å². The summed E-state index contributed by atoms with van der Waals surface area (Å²) in [6.07, 6.45) is 5.03. The van der Waals surface area contributed by atoms with Gasteiger partial charge in [0.15, 0.2) is 0 Å². The first-order valence-electron chi connectivity index (χ1n) is 8.65. The number of rotatable bonds is 6. The van der Waals surface area contributed by atoms with Gasteiger partial charge < -0.3 is 5.32 Å². The largest absolute Gasteiger partial charge is 0.306 e. The third-order valence-electron chi connectivity index (χ3n) is 4.91. The maximum Gasteiger partial charge on any atom is 0.0577 e. The van der Waals surface area contributed by atoms with E-state index >= 15 is 0 Å². The lowest BCUT2D eigenvalue weighted by molar-refractivity contribution is 0.566. The summed E-state index contributed by atoms with van der Waals surface area (Å²) in [5, 5.41) is 3.79. The maximum atomic E-state index is 4.15. The molecule has 2 heteroatoms. The first-order valence-corrected chi connectivity index (χ1v) is 8.65. The fourth-order valence-corrected chi connectivity index (χ4v) is 3.48. The van der Waals surface area contributed by atoms with E-state index < -0.39 is 0 Å². The van der Waals surface area contributed by atoms with Crippen LogP contribution in [0.15, 0.2) is 85.2 Å². The summed E-state index contributed by atoms with van der Waals surface area (Å²) < 4.78 is 0. The van der Waals surface area contributed by atoms with E-state index in [1.807, 2.05) is 12.4 Å². The van der Waals surface area contributed by atoms with Crippen molar-refractivity contribution in [3.8, 4) is 0 Å². The highest BCUT2D eigenvalue weighted by molar-refractivity contribution is 5.31. The van der Waals surface area contributed by atoms with Crippen LogP contribution < -0.4 is 5.32 Å². The fourth-order valence-electron chi connectivity index (χ4n) is 3.48. The minimum Gasteiger partial charge on any atom is -0.306 e. The lowest BCUT2D eigenvalue weighted by Crippen LogP contribution is -2.25. The third-order valence-corrected chi connectivity index (χ3v) is 4.91. The molecule has 1 aliphatic carbocycles. The third kappa shape index (κ3) is 3.39. The Morgan fingerprint density at radius 1 is 0.833 bits per heavy atom. The zero-order valence-corrected chi connectivity index (χ0v) is 13.7. The molecule has 0 spiro atoms. The van der Waals surface area contributed by atoms with E-state index in [2.05, 4.69) is 83.1 Å². The summed E-state index contributed by atoms with van der Waals surface area (Å²) in [7, 11) is 0. The Morgan fingerprint density at radius 3 is 2.17 bits per heavy atom. The van der Waals surface area contributed by atoms with Crippen LogP contribution in [0.4, 0.5) is 0 Å². The number of hydrogen-bond acceptors (Lipinski definition) is 2. The number of aromatic nitrogens is 1. The minimum atomic E-state index is 0.228. The molecule has 1 heterocycles. The van der Waals surface area contributed by atoms with Crippen LogP contribution >= 0.6 is 0 Å². The predicted molar refractivity (Wildman–Crippen MR) is 97.8 cm³/mol. The summed E-state index contributed by atoms with van der Waals surface area (Å²) >= 11 is 0. The second-order valence-corrected chi connectivity index (χ2v) is 6.55. The summed E-state index contributed by atoms with van der Waals surface area (Å²) in [4.78, 5) is 4.15. The average molecular weight is 314 g/mol. The first kappa shape index (κ1) is 15.1. The van der Waals surface area contributed by atoms with Crippen molar-refractivity contribution < 1.29 is 0 Å². The second-order valence-electron chi connectivity index (χ2n) is 6.55. The van der Waals surface area contributed by atoms with Crippen LogP contribution in [0.25, 0.3) is 0 Å². The van der Waals surface area contributed by atoms with Gasteiger partial charge in [0.1, 0.15) is 0 Å². The van der Waals surface area contributed by atoms with Gasteiger partial charge in [0.05, 0.1) is 6.04 Å². The summed E-state index contributed by atoms with van der Waals surface area (Å²) in [5.41, 5.74) is 4.05. The molecule has 2 aromatic carbocycles. The Labute approximate surface area is 143 Å². The quantitative estimate of drug-likeness (QED) is 0.721. The van der Waals surface area contributed by atoms with Crippen LogP contribution in [0.5, 0.6) is 0 Å². The molecule has 1 aromatic heterocycles. The van der Waals surface area contributed by atoms with Gasteiger partial charge in [-0.3, -0.25) is 4.98 Å². The van der Waals surface area contributed by atoms with E-state index in [1.165, 1.54) is 23.1 Å². The summed E-state index contributed by atoms with van der Waals surface area (Å²) in [5.74, 6) is 1.45. The van der Waals surface area contributed by atoms with Crippen molar-refractivity contribution in [3.63, 3.8) is 0 Å². The van der Waals surface area contributed by atoms with Gasteiger partial charge in [0.25, 0.3) is 0 Å². The molecular formula is C22H22N2. The van der Waals surface area contributed by atoms with Gasteiger partial charge in [-0.05, 0) is 53.6 Å². The lowest BCUT2D eigenvalue weighted by Gasteiger charge is -2.20. The fraction of sp³-hybridized carbons (Fsp3) is 0.227. The van der Waals surface area contributed by atoms with E-state index in [-0.39, 0.29) is 6.04 Å². The summed E-state index contributed by atoms with van der Waals surface area (Å²) in [6, 6.07) is 26.0. The summed E-state index contributed by atoms with van der Waals surface area (Å²) in [6.45, 7) is 1.04. The highest BCUT2D eigenvalue weighted by Crippen LogP contribution is 2.47. The van der Waals surface area contributed by atoms with E-state index in [4.69, 9.17) is 0 Å². The second kappa shape index (κ2) is 6.98. The van der Waals surface area contributed by atoms with Crippen LogP contribution in [0.3, 0.4) is 0 Å². The average Bonchev–Trinajstić information content (AvgIpc) is 3.44. The first-order chi connectivity index (χ1) is 11.9. The molecular weight excluding hydrogens is 292 g/mol. The van der Waals surface area contributed by atoms with Crippen molar-refractivity contribution >= 4 is 0 Å². The maximum absolute atomic E-state index is 4.15. The Bertz CT molecular complexity index is 716. The molecule has 0 bridgehead atoms. The Morgan fingerprint density at radius 2 is 1.46 bits per heavy atom. The van der Waals surface area contributed by atoms with Crippen LogP contribution in [-0.2, 0) is 0 Å². The molecule has 3 unspecified atom stereocenters. The molecule has 3 atom stereocenters. The zero-order valence-electron chi connectivity index (χ0n) is 13.7. The molecule has 0 radical (unpaired) electrons. The van der Waals surface area contributed by atoms with Crippen molar-refractivity contribution in [3.05, 3.63) is 102 Å². The molecule has 1 N–H and O–H groups in total. The van der Waals surface area contributed by atoms with E-state index in [1.54, 1.807) is 0 Å². The highest BCUT2D eigenvalue weighted by atomic mass is 14.9. The van der Waals surface area contributed by atoms with Crippen molar-refractivity contribution in [1.29, 1.82) is 0 Å². The standard InChI is InChI=1S/C22H22N2/c1-3-7-17(8-4-1)21-15-20(21)16-24-22(18-9-5-2-6-10-18)19-11-13-23-14-12-19/h1-14,20-22,24H,15-16H2. The molecule has 0 amide bonds. The van der Waals surface area contributed by atoms with Crippen molar-refractivity contribution in [2.45, 2.75) is 18.4 Å². The molecule has 1 aliphatic rings. The zero-order chi connectivity index (χ0) is 16.2. The van der Waals surface area contributed by atoms with Gasteiger partial charge in [-0.25, -0.2) is 0 Å². The van der Waals surface area contributed by atoms with Gasteiger partial charge in [0.2, 0.25) is 0 Å². The van der Waals surface area contributed by atoms with Crippen LogP contribution in [0, 0.1) is 5.92 Å². The molecule has 2 nitrogen and oxygen atoms in total. The van der Waals surface area contributed by atoms with Gasteiger partial charge in [-0.2, -0.15) is 0 Å². The Balaban J connectivity index is 1.46. The van der Waals surface area contributed by atoms with Crippen LogP contribution in [-0.4, -0.2) is 11.5 Å². The predicted octanol–water partition coefficient (Wildman–Crippen LogP) is 4.56. The number of benzene rings is 2. The van der Waals surface area contributed by atoms with Crippen LogP contribution in [0.1, 0.15) is 35.1 Å². The Hall–Kier alpha value is -2.45. The highest BCUT2D eigenvalue weighted by Gasteiger charge is 2.38. The number of nitrogens with zero attached hydrogens (tertiary/aromatic N) is 1. The molecule has 1 fully saturated rings. The van der Waals surface area contributed by atoms with Gasteiger partial charge in [-0.1, -0.05) is 60.7 Å². The number of nitrogens with one attached hydrogen (secondary N) is 1. The topological polar surface area (TPSA) is 24.9 Å². The van der Waals surface area contributed by atoms with E-state index in [0.717, 1.165) is 12.5 Å². The minimum absolute atomic E-state index is 0.228. The lowest BCUT2D eigenvalue weighted by atomic mass is 9.99. The molecule has 0 aliphatic heterocycles. The molecule has 3 aromatic rings. The number of pyridine rings is 1. The number of hydrogen-bond donors (Lipinski definition) is 1. The van der Waals surface area contributed by atoms with Crippen molar-refractivity contribution in [2.75, 3.05) is 6.54 Å². The molecule has 0 saturated heterocycles. The smallest absolute Gasteiger partial charge is 0.0577 e. The normalized spacial score (nSPS) is 20.5. The van der Waals surface area contributed by atoms with Gasteiger partial charge in [-0.15, -0.1) is 0 Å². The van der Waals surface area contributed by atoms with Gasteiger partial charge >= 0.3 is 0 Å². The van der Waals surface area contributed by atoms with Gasteiger partial charge in [0, 0.05) is 12.4 Å². The molecule has 120 valence electrons. The SMILES string of the molecule is c1ccc(C(NCC2CC2c2ccccc2)c2ccncc2)cc1. The molecule has 4 rings (SSSR count). The van der Waals surface area contributed by atoms with Crippen molar-refractivity contribution in [2.24, 2.45) is 5.92 Å².